The van der Waals surface area contributed by atoms with E-state index in [4.69, 9.17) is 29.9 Å². The fraction of sp³-hybridized carbons (Fsp3) is 0. The lowest BCUT2D eigenvalue weighted by Gasteiger charge is -2.13. The third-order valence-electron chi connectivity index (χ3n) is 16.9. The summed E-state index contributed by atoms with van der Waals surface area (Å²) >= 11 is 1.86. The van der Waals surface area contributed by atoms with Gasteiger partial charge < -0.3 is 0 Å². The van der Waals surface area contributed by atoms with E-state index in [1.807, 2.05) is 133 Å². The highest BCUT2D eigenvalue weighted by Gasteiger charge is 2.17. The highest BCUT2D eigenvalue weighted by atomic mass is 32.1. The van der Waals surface area contributed by atoms with Gasteiger partial charge in [0.15, 0.2) is 34.9 Å². The molecular weight excluding hydrogens is 1130 g/mol. The van der Waals surface area contributed by atoms with Gasteiger partial charge in [0.05, 0.1) is 0 Å². The van der Waals surface area contributed by atoms with E-state index >= 15 is 0 Å². The molecule has 0 aliphatic heterocycles. The molecule has 426 valence electrons. The second kappa shape index (κ2) is 24.0. The Morgan fingerprint density at radius 3 is 0.923 bits per heavy atom. The van der Waals surface area contributed by atoms with Gasteiger partial charge in [0.25, 0.3) is 0 Å². The third-order valence-corrected chi connectivity index (χ3v) is 18.1. The SMILES string of the molecule is c1ccc(-c2nc(-c3ccccc3)nc(-c3ccc(-c4cccc(-c5ccc6c7ccccc7c7ccccc7c6c5)c4)cc3)n2)cc1.c1ccc(-c2nc(-c3ccccc3)nc(-c3cccc(-c4ccc(-c5cccc6c5sc5ccccc56)cc4)c3)n2)cc1. The fourth-order valence-corrected chi connectivity index (χ4v) is 13.5. The minimum absolute atomic E-state index is 0.652. The van der Waals surface area contributed by atoms with Crippen LogP contribution in [0, 0.1) is 0 Å². The first-order chi connectivity index (χ1) is 45.1. The summed E-state index contributed by atoms with van der Waals surface area (Å²) in [5, 5.41) is 10.3. The average molecular weight is 1180 g/mol. The van der Waals surface area contributed by atoms with Crippen molar-refractivity contribution in [1.82, 2.24) is 29.9 Å². The van der Waals surface area contributed by atoms with Gasteiger partial charge in [-0.25, -0.2) is 29.9 Å². The number of hydrogen-bond acceptors (Lipinski definition) is 7. The van der Waals surface area contributed by atoms with Crippen LogP contribution >= 0.6 is 11.3 Å². The Labute approximate surface area is 530 Å². The van der Waals surface area contributed by atoms with Gasteiger partial charge in [-0.1, -0.05) is 303 Å². The number of fused-ring (bicyclic) bond motifs is 9. The molecule has 0 saturated heterocycles. The lowest BCUT2D eigenvalue weighted by Crippen LogP contribution is -2.00. The second-order valence-electron chi connectivity index (χ2n) is 22.5. The van der Waals surface area contributed by atoms with Crippen molar-refractivity contribution in [2.75, 3.05) is 0 Å². The van der Waals surface area contributed by atoms with Crippen molar-refractivity contribution in [1.29, 1.82) is 0 Å². The molecule has 0 aliphatic rings. The molecule has 0 amide bonds. The van der Waals surface area contributed by atoms with Crippen LogP contribution in [0.15, 0.2) is 328 Å². The van der Waals surface area contributed by atoms with Gasteiger partial charge in [-0.2, -0.15) is 0 Å². The zero-order valence-corrected chi connectivity index (χ0v) is 50.1. The standard InChI is InChI=1S/C45H29N3.C39H25N3S/c1-3-12-31(13-4-1)43-46-44(32-14-5-2-6-15-32)48-45(47-43)33-24-22-30(23-25-33)34-16-11-17-35(28-34)36-26-27-41-39-20-8-7-18-37(39)38-19-9-10-21-40(38)42(41)29-36;1-3-11-28(12-4-1)37-40-38(29-13-5-2-6-14-29)42-39(41-37)31-16-9-15-30(25-31)26-21-23-27(24-22-26)32-18-10-19-34-33-17-7-8-20-35(33)43-36(32)34/h1-29H;1-25H. The zero-order chi connectivity index (χ0) is 60.5. The van der Waals surface area contributed by atoms with E-state index in [0.29, 0.717) is 34.9 Å². The average Bonchev–Trinajstić information content (AvgIpc) is 1.55. The smallest absolute Gasteiger partial charge is 0.164 e. The molecule has 0 atom stereocenters. The summed E-state index contributed by atoms with van der Waals surface area (Å²) in [7, 11) is 0. The van der Waals surface area contributed by atoms with Crippen LogP contribution in [-0.4, -0.2) is 29.9 Å². The molecule has 0 N–H and O–H groups in total. The van der Waals surface area contributed by atoms with Crippen LogP contribution < -0.4 is 0 Å². The minimum atomic E-state index is 0.652. The van der Waals surface area contributed by atoms with Crippen molar-refractivity contribution in [3.05, 3.63) is 328 Å². The lowest BCUT2D eigenvalue weighted by molar-refractivity contribution is 1.07. The molecule has 6 nitrogen and oxygen atoms in total. The summed E-state index contributed by atoms with van der Waals surface area (Å²) in [6, 6.07) is 115. The Balaban J connectivity index is 0.000000146. The quantitative estimate of drug-likeness (QED) is 0.127. The molecule has 3 heterocycles. The topological polar surface area (TPSA) is 77.3 Å². The Morgan fingerprint density at radius 1 is 0.165 bits per heavy atom. The molecule has 0 radical (unpaired) electrons. The molecule has 17 aromatic rings. The van der Waals surface area contributed by atoms with Crippen LogP contribution in [0.4, 0.5) is 0 Å². The number of rotatable bonds is 10. The van der Waals surface area contributed by atoms with E-state index in [1.165, 1.54) is 74.7 Å². The normalized spacial score (nSPS) is 11.3. The van der Waals surface area contributed by atoms with E-state index in [0.717, 1.165) is 55.6 Å². The Hall–Kier alpha value is -11.9. The molecule has 7 heteroatoms. The summed E-state index contributed by atoms with van der Waals surface area (Å²) in [5.74, 6) is 3.95. The molecule has 14 aromatic carbocycles. The largest absolute Gasteiger partial charge is 0.208 e. The van der Waals surface area contributed by atoms with Gasteiger partial charge >= 0.3 is 0 Å². The molecule has 0 saturated carbocycles. The maximum atomic E-state index is 4.91. The maximum absolute atomic E-state index is 4.91. The summed E-state index contributed by atoms with van der Waals surface area (Å²) in [5.41, 5.74) is 15.2. The van der Waals surface area contributed by atoms with Gasteiger partial charge in [0.2, 0.25) is 0 Å². The highest BCUT2D eigenvalue weighted by molar-refractivity contribution is 7.26. The number of benzene rings is 14. The first-order valence-corrected chi connectivity index (χ1v) is 31.3. The number of thiophene rings is 1. The van der Waals surface area contributed by atoms with Crippen LogP contribution in [0.3, 0.4) is 0 Å². The van der Waals surface area contributed by atoms with Crippen molar-refractivity contribution in [2.24, 2.45) is 0 Å². The van der Waals surface area contributed by atoms with E-state index < -0.39 is 0 Å². The third kappa shape index (κ3) is 10.9. The summed E-state index contributed by atoms with van der Waals surface area (Å²) in [6.45, 7) is 0. The summed E-state index contributed by atoms with van der Waals surface area (Å²) < 4.78 is 2.65. The van der Waals surface area contributed by atoms with Crippen molar-refractivity contribution < 1.29 is 0 Å². The molecule has 0 aliphatic carbocycles. The van der Waals surface area contributed by atoms with E-state index in [1.54, 1.807) is 0 Å². The molecule has 91 heavy (non-hydrogen) atoms. The van der Waals surface area contributed by atoms with Crippen LogP contribution in [0.2, 0.25) is 0 Å². The van der Waals surface area contributed by atoms with Crippen molar-refractivity contribution in [3.63, 3.8) is 0 Å². The van der Waals surface area contributed by atoms with Crippen LogP contribution in [0.25, 0.3) is 165 Å². The summed E-state index contributed by atoms with van der Waals surface area (Å²) in [4.78, 5) is 29.3. The second-order valence-corrected chi connectivity index (χ2v) is 23.6. The zero-order valence-electron chi connectivity index (χ0n) is 49.3. The fourth-order valence-electron chi connectivity index (χ4n) is 12.3. The predicted molar refractivity (Wildman–Crippen MR) is 379 cm³/mol. The van der Waals surface area contributed by atoms with E-state index in [9.17, 15) is 0 Å². The maximum Gasteiger partial charge on any atom is 0.164 e. The number of nitrogens with zero attached hydrogens (tertiary/aromatic N) is 6. The van der Waals surface area contributed by atoms with E-state index in [-0.39, 0.29) is 0 Å². The van der Waals surface area contributed by atoms with Gasteiger partial charge in [-0.3, -0.25) is 0 Å². The molecule has 0 unspecified atom stereocenters. The first-order valence-electron chi connectivity index (χ1n) is 30.5. The Morgan fingerprint density at radius 2 is 0.451 bits per heavy atom. The van der Waals surface area contributed by atoms with Gasteiger partial charge in [-0.05, 0) is 101 Å². The molecule has 0 spiro atoms. The minimum Gasteiger partial charge on any atom is -0.208 e. The van der Waals surface area contributed by atoms with Gasteiger partial charge in [0, 0.05) is 53.6 Å². The lowest BCUT2D eigenvalue weighted by atomic mass is 9.91. The van der Waals surface area contributed by atoms with Crippen LogP contribution in [0.1, 0.15) is 0 Å². The molecular formula is C84H54N6S. The number of hydrogen-bond donors (Lipinski definition) is 0. The molecule has 0 bridgehead atoms. The van der Waals surface area contributed by atoms with Gasteiger partial charge in [-0.15, -0.1) is 11.3 Å². The molecule has 3 aromatic heterocycles. The van der Waals surface area contributed by atoms with Crippen molar-refractivity contribution in [2.45, 2.75) is 0 Å². The Kier molecular flexibility index (Phi) is 14.4. The van der Waals surface area contributed by atoms with Crippen molar-refractivity contribution in [3.8, 4) is 113 Å². The number of aromatic nitrogens is 6. The van der Waals surface area contributed by atoms with Crippen LogP contribution in [0.5, 0.6) is 0 Å². The first kappa shape index (κ1) is 54.5. The molecule has 0 fully saturated rings. The monoisotopic (exact) mass is 1180 g/mol. The predicted octanol–water partition coefficient (Wildman–Crippen LogP) is 22.2. The van der Waals surface area contributed by atoms with E-state index in [2.05, 4.69) is 206 Å². The van der Waals surface area contributed by atoms with Gasteiger partial charge in [0.1, 0.15) is 0 Å². The summed E-state index contributed by atoms with van der Waals surface area (Å²) in [6.07, 6.45) is 0. The van der Waals surface area contributed by atoms with Crippen LogP contribution in [-0.2, 0) is 0 Å². The van der Waals surface area contributed by atoms with Crippen molar-refractivity contribution >= 4 is 63.8 Å². The Bertz CT molecular complexity index is 5350. The highest BCUT2D eigenvalue weighted by Crippen LogP contribution is 2.42. The molecule has 17 rings (SSSR count).